The van der Waals surface area contributed by atoms with Gasteiger partial charge in [0.25, 0.3) is 5.91 Å². The average Bonchev–Trinajstić information content (AvgIpc) is 2.70. The zero-order valence-corrected chi connectivity index (χ0v) is 18.9. The molecule has 1 aromatic carbocycles. The quantitative estimate of drug-likeness (QED) is 0.650. The normalized spacial score (nSPS) is 30.7. The van der Waals surface area contributed by atoms with Crippen LogP contribution in [-0.2, 0) is 32.0 Å². The Morgan fingerprint density at radius 2 is 1.65 bits per heavy atom. The molecule has 0 aromatic heterocycles. The fraction of sp³-hybridized carbons (Fsp3) is 0.640. The van der Waals surface area contributed by atoms with E-state index in [-0.39, 0.29) is 29.9 Å². The number of esters is 1. The Morgan fingerprint density at radius 3 is 2.19 bits per heavy atom. The van der Waals surface area contributed by atoms with Crippen molar-refractivity contribution in [3.05, 3.63) is 29.3 Å². The SMILES string of the molecule is CCc1cccc(CC)c1NC(=O)COC(=O)C12CC3CC(CC(NC(C)=O)(C3)C1)C2. The van der Waals surface area contributed by atoms with E-state index in [0.29, 0.717) is 18.3 Å². The number of aryl methyl sites for hydroxylation is 2. The maximum absolute atomic E-state index is 13.2. The Kier molecular flexibility index (Phi) is 5.84. The van der Waals surface area contributed by atoms with Gasteiger partial charge >= 0.3 is 5.97 Å². The third kappa shape index (κ3) is 4.21. The van der Waals surface area contributed by atoms with Crippen LogP contribution in [0.4, 0.5) is 5.69 Å². The van der Waals surface area contributed by atoms with E-state index >= 15 is 0 Å². The molecule has 1 aromatic rings. The van der Waals surface area contributed by atoms with Gasteiger partial charge in [0.05, 0.1) is 5.41 Å². The zero-order chi connectivity index (χ0) is 22.2. The molecule has 6 nitrogen and oxygen atoms in total. The predicted molar refractivity (Wildman–Crippen MR) is 118 cm³/mol. The lowest BCUT2D eigenvalue weighted by Crippen LogP contribution is -2.64. The predicted octanol–water partition coefficient (Wildman–Crippen LogP) is 3.77. The number of rotatable bonds is 7. The number of benzene rings is 1. The number of ether oxygens (including phenoxy) is 1. The van der Waals surface area contributed by atoms with Gasteiger partial charge in [-0.2, -0.15) is 0 Å². The van der Waals surface area contributed by atoms with E-state index < -0.39 is 5.41 Å². The van der Waals surface area contributed by atoms with Crippen molar-refractivity contribution in [2.24, 2.45) is 17.3 Å². The van der Waals surface area contributed by atoms with Gasteiger partial charge in [-0.25, -0.2) is 0 Å². The molecule has 0 aliphatic heterocycles. The standard InChI is InChI=1S/C25H34N2O4/c1-4-19-7-6-8-20(5-2)22(19)26-21(29)14-31-23(30)24-10-17-9-18(11-24)13-25(12-17,15-24)27-16(3)28/h6-8,17-18H,4-5,9-15H2,1-3H3,(H,26,29)(H,27,28). The van der Waals surface area contributed by atoms with Crippen LogP contribution in [0.1, 0.15) is 70.4 Å². The average molecular weight is 427 g/mol. The molecule has 2 amide bonds. The van der Waals surface area contributed by atoms with Crippen LogP contribution < -0.4 is 10.6 Å². The Balaban J connectivity index is 1.42. The number of hydrogen-bond acceptors (Lipinski definition) is 4. The molecule has 4 saturated carbocycles. The van der Waals surface area contributed by atoms with Crippen molar-refractivity contribution < 1.29 is 19.1 Å². The van der Waals surface area contributed by atoms with E-state index in [9.17, 15) is 14.4 Å². The van der Waals surface area contributed by atoms with Crippen LogP contribution in [0.2, 0.25) is 0 Å². The summed E-state index contributed by atoms with van der Waals surface area (Å²) in [5.41, 5.74) is 2.15. The number of anilines is 1. The molecule has 5 rings (SSSR count). The van der Waals surface area contributed by atoms with E-state index in [4.69, 9.17) is 4.74 Å². The summed E-state index contributed by atoms with van der Waals surface area (Å²) >= 11 is 0. The van der Waals surface area contributed by atoms with E-state index in [1.54, 1.807) is 6.92 Å². The monoisotopic (exact) mass is 426 g/mol. The second-order valence-corrected chi connectivity index (χ2v) is 9.99. The van der Waals surface area contributed by atoms with E-state index in [2.05, 4.69) is 24.5 Å². The Labute approximate surface area is 184 Å². The molecule has 4 aliphatic carbocycles. The van der Waals surface area contributed by atoms with Gasteiger partial charge in [0.2, 0.25) is 5.91 Å². The molecule has 0 radical (unpaired) electrons. The number of carbonyl (C=O) groups is 3. The molecule has 0 saturated heterocycles. The molecule has 4 bridgehead atoms. The third-order valence-electron chi connectivity index (χ3n) is 7.53. The summed E-state index contributed by atoms with van der Waals surface area (Å²) in [7, 11) is 0. The van der Waals surface area contributed by atoms with Gasteiger partial charge in [-0.3, -0.25) is 14.4 Å². The van der Waals surface area contributed by atoms with Gasteiger partial charge in [0, 0.05) is 18.2 Å². The van der Waals surface area contributed by atoms with Crippen molar-refractivity contribution in [3.8, 4) is 0 Å². The first-order valence-corrected chi connectivity index (χ1v) is 11.6. The minimum absolute atomic E-state index is 0.0360. The van der Waals surface area contributed by atoms with E-state index in [1.165, 1.54) is 0 Å². The zero-order valence-electron chi connectivity index (χ0n) is 18.9. The highest BCUT2D eigenvalue weighted by Gasteiger charge is 2.61. The van der Waals surface area contributed by atoms with Crippen LogP contribution in [0.3, 0.4) is 0 Å². The highest BCUT2D eigenvalue weighted by Crippen LogP contribution is 2.62. The lowest BCUT2D eigenvalue weighted by atomic mass is 9.47. The van der Waals surface area contributed by atoms with Crippen molar-refractivity contribution >= 4 is 23.5 Å². The Bertz CT molecular complexity index is 857. The van der Waals surface area contributed by atoms with Gasteiger partial charge in [-0.05, 0) is 74.3 Å². The second-order valence-electron chi connectivity index (χ2n) is 9.99. The van der Waals surface area contributed by atoms with Crippen molar-refractivity contribution in [3.63, 3.8) is 0 Å². The van der Waals surface area contributed by atoms with Crippen LogP contribution in [0.25, 0.3) is 0 Å². The van der Waals surface area contributed by atoms with Gasteiger partial charge in [0.1, 0.15) is 0 Å². The van der Waals surface area contributed by atoms with Gasteiger partial charge < -0.3 is 15.4 Å². The summed E-state index contributed by atoms with van der Waals surface area (Å²) in [4.78, 5) is 37.7. The molecule has 168 valence electrons. The molecule has 2 unspecified atom stereocenters. The number of nitrogens with one attached hydrogen (secondary N) is 2. The Hall–Kier alpha value is -2.37. The number of para-hydroxylation sites is 1. The molecule has 2 atom stereocenters. The van der Waals surface area contributed by atoms with Crippen molar-refractivity contribution in [2.75, 3.05) is 11.9 Å². The maximum Gasteiger partial charge on any atom is 0.312 e. The van der Waals surface area contributed by atoms with Crippen LogP contribution in [0.5, 0.6) is 0 Å². The van der Waals surface area contributed by atoms with Crippen molar-refractivity contribution in [1.82, 2.24) is 5.32 Å². The molecule has 31 heavy (non-hydrogen) atoms. The largest absolute Gasteiger partial charge is 0.455 e. The van der Waals surface area contributed by atoms with E-state index in [0.717, 1.165) is 61.8 Å². The summed E-state index contributed by atoms with van der Waals surface area (Å²) in [6.45, 7) is 5.39. The summed E-state index contributed by atoms with van der Waals surface area (Å²) in [6.07, 6.45) is 6.92. The second kappa shape index (κ2) is 8.29. The first-order valence-electron chi connectivity index (χ1n) is 11.6. The smallest absolute Gasteiger partial charge is 0.312 e. The number of amides is 2. The van der Waals surface area contributed by atoms with Crippen LogP contribution in [0.15, 0.2) is 18.2 Å². The van der Waals surface area contributed by atoms with E-state index in [1.807, 2.05) is 18.2 Å². The molecule has 4 aliphatic rings. The fourth-order valence-electron chi connectivity index (χ4n) is 6.88. The topological polar surface area (TPSA) is 84.5 Å². The minimum Gasteiger partial charge on any atom is -0.455 e. The molecule has 4 fully saturated rings. The molecule has 2 N–H and O–H groups in total. The summed E-state index contributed by atoms with van der Waals surface area (Å²) in [5, 5.41) is 6.13. The summed E-state index contributed by atoms with van der Waals surface area (Å²) < 4.78 is 5.59. The minimum atomic E-state index is -0.567. The summed E-state index contributed by atoms with van der Waals surface area (Å²) in [5.74, 6) is 0.276. The highest BCUT2D eigenvalue weighted by molar-refractivity contribution is 5.94. The molecule has 0 spiro atoms. The lowest BCUT2D eigenvalue weighted by Gasteiger charge is -2.60. The first kappa shape index (κ1) is 21.8. The van der Waals surface area contributed by atoms with Gasteiger partial charge in [-0.15, -0.1) is 0 Å². The number of carbonyl (C=O) groups excluding carboxylic acids is 3. The van der Waals surface area contributed by atoms with Crippen molar-refractivity contribution in [1.29, 1.82) is 0 Å². The van der Waals surface area contributed by atoms with Gasteiger partial charge in [-0.1, -0.05) is 32.0 Å². The molecular weight excluding hydrogens is 392 g/mol. The third-order valence-corrected chi connectivity index (χ3v) is 7.53. The fourth-order valence-corrected chi connectivity index (χ4v) is 6.88. The first-order chi connectivity index (χ1) is 14.8. The van der Waals surface area contributed by atoms with Crippen molar-refractivity contribution in [2.45, 2.75) is 77.7 Å². The number of hydrogen-bond donors (Lipinski definition) is 2. The van der Waals surface area contributed by atoms with Crippen LogP contribution in [0, 0.1) is 17.3 Å². The lowest BCUT2D eigenvalue weighted by molar-refractivity contribution is -0.176. The van der Waals surface area contributed by atoms with Crippen LogP contribution >= 0.6 is 0 Å². The molecule has 0 heterocycles. The summed E-state index contributed by atoms with van der Waals surface area (Å²) in [6, 6.07) is 6.03. The van der Waals surface area contributed by atoms with Crippen LogP contribution in [-0.4, -0.2) is 29.9 Å². The highest BCUT2D eigenvalue weighted by atomic mass is 16.5. The molecule has 6 heteroatoms. The molecular formula is C25H34N2O4. The maximum atomic E-state index is 13.2. The Morgan fingerprint density at radius 1 is 1.03 bits per heavy atom. The van der Waals surface area contributed by atoms with Gasteiger partial charge in [0.15, 0.2) is 6.61 Å².